The van der Waals surface area contributed by atoms with Crippen LogP contribution < -0.4 is 5.73 Å². The molecule has 0 radical (unpaired) electrons. The molecule has 0 saturated heterocycles. The molecule has 3 N–H and O–H groups in total. The first-order chi connectivity index (χ1) is 9.56. The minimum absolute atomic E-state index is 0.296. The van der Waals surface area contributed by atoms with E-state index in [2.05, 4.69) is 26.1 Å². The second-order valence-corrected chi connectivity index (χ2v) is 5.93. The largest absolute Gasteiger partial charge is 0.480 e. The summed E-state index contributed by atoms with van der Waals surface area (Å²) in [5.41, 5.74) is 6.25. The van der Waals surface area contributed by atoms with Gasteiger partial charge in [-0.3, -0.25) is 4.79 Å². The number of halogens is 1. The monoisotopic (exact) mass is 357 g/mol. The number of hydrogen-bond donors (Lipinski definition) is 2. The number of carboxylic acid groups (broad SMARTS) is 1. The topological polar surface area (TPSA) is 102 Å². The second-order valence-electron chi connectivity index (χ2n) is 3.98. The van der Waals surface area contributed by atoms with Gasteiger partial charge < -0.3 is 15.4 Å². The van der Waals surface area contributed by atoms with Crippen molar-refractivity contribution in [1.82, 2.24) is 10.1 Å². The summed E-state index contributed by atoms with van der Waals surface area (Å²) < 4.78 is 6.05. The SMILES string of the molecule is N[C@H](CSCc1nc(-c2cccc(Br)c2)no1)C(=O)O. The summed E-state index contributed by atoms with van der Waals surface area (Å²) in [5, 5.41) is 12.6. The van der Waals surface area contributed by atoms with Gasteiger partial charge in [0, 0.05) is 15.8 Å². The highest BCUT2D eigenvalue weighted by atomic mass is 79.9. The van der Waals surface area contributed by atoms with Gasteiger partial charge in [-0.2, -0.15) is 4.98 Å². The number of thioether (sulfide) groups is 1. The van der Waals surface area contributed by atoms with Crippen molar-refractivity contribution < 1.29 is 14.4 Å². The number of nitrogens with zero attached hydrogens (tertiary/aromatic N) is 2. The Morgan fingerprint density at radius 2 is 2.35 bits per heavy atom. The fourth-order valence-corrected chi connectivity index (χ4v) is 2.61. The Labute approximate surface area is 127 Å². The molecule has 0 aliphatic rings. The van der Waals surface area contributed by atoms with Crippen LogP contribution in [-0.4, -0.2) is 33.0 Å². The smallest absolute Gasteiger partial charge is 0.321 e. The molecule has 0 unspecified atom stereocenters. The molecule has 0 amide bonds. The van der Waals surface area contributed by atoms with Gasteiger partial charge in [-0.1, -0.05) is 33.2 Å². The van der Waals surface area contributed by atoms with Crippen molar-refractivity contribution in [1.29, 1.82) is 0 Å². The van der Waals surface area contributed by atoms with E-state index in [0.717, 1.165) is 10.0 Å². The molecule has 2 rings (SSSR count). The normalized spacial score (nSPS) is 12.3. The van der Waals surface area contributed by atoms with Gasteiger partial charge in [-0.25, -0.2) is 0 Å². The maximum absolute atomic E-state index is 10.6. The van der Waals surface area contributed by atoms with Crippen LogP contribution in [0, 0.1) is 0 Å². The summed E-state index contributed by atoms with van der Waals surface area (Å²) >= 11 is 4.72. The summed E-state index contributed by atoms with van der Waals surface area (Å²) in [6, 6.07) is 6.69. The zero-order chi connectivity index (χ0) is 14.5. The number of hydrogen-bond acceptors (Lipinski definition) is 6. The highest BCUT2D eigenvalue weighted by Crippen LogP contribution is 2.21. The summed E-state index contributed by atoms with van der Waals surface area (Å²) in [6.07, 6.45) is 0. The van der Waals surface area contributed by atoms with Gasteiger partial charge in [-0.05, 0) is 12.1 Å². The Bertz CT molecular complexity index is 605. The molecule has 0 aliphatic heterocycles. The van der Waals surface area contributed by atoms with E-state index in [-0.39, 0.29) is 0 Å². The van der Waals surface area contributed by atoms with Crippen molar-refractivity contribution in [2.24, 2.45) is 5.73 Å². The zero-order valence-corrected chi connectivity index (χ0v) is 12.7. The zero-order valence-electron chi connectivity index (χ0n) is 10.3. The van der Waals surface area contributed by atoms with Crippen molar-refractivity contribution in [2.75, 3.05) is 5.75 Å². The molecule has 1 aromatic carbocycles. The fraction of sp³-hybridized carbons (Fsp3) is 0.250. The van der Waals surface area contributed by atoms with Crippen LogP contribution >= 0.6 is 27.7 Å². The number of rotatable bonds is 6. The maximum atomic E-state index is 10.6. The quantitative estimate of drug-likeness (QED) is 0.816. The fourth-order valence-electron chi connectivity index (χ4n) is 1.40. The number of carboxylic acids is 1. The van der Waals surface area contributed by atoms with Gasteiger partial charge in [0.25, 0.3) is 0 Å². The van der Waals surface area contributed by atoms with Crippen LogP contribution in [0.25, 0.3) is 11.4 Å². The third-order valence-electron chi connectivity index (χ3n) is 2.39. The van der Waals surface area contributed by atoms with Crippen molar-refractivity contribution in [2.45, 2.75) is 11.8 Å². The van der Waals surface area contributed by atoms with E-state index in [0.29, 0.717) is 23.2 Å². The maximum Gasteiger partial charge on any atom is 0.321 e. The second kappa shape index (κ2) is 6.87. The Hall–Kier alpha value is -1.38. The first-order valence-electron chi connectivity index (χ1n) is 5.71. The van der Waals surface area contributed by atoms with Crippen molar-refractivity contribution in [3.8, 4) is 11.4 Å². The van der Waals surface area contributed by atoms with E-state index in [1.165, 1.54) is 11.8 Å². The van der Waals surface area contributed by atoms with Gasteiger partial charge in [0.2, 0.25) is 11.7 Å². The number of aliphatic carboxylic acids is 1. The molecule has 1 aromatic heterocycles. The van der Waals surface area contributed by atoms with Crippen molar-refractivity contribution in [3.05, 3.63) is 34.6 Å². The van der Waals surface area contributed by atoms with E-state index in [1.54, 1.807) is 0 Å². The molecular formula is C12H12BrN3O3S. The minimum Gasteiger partial charge on any atom is -0.480 e. The predicted molar refractivity (Wildman–Crippen MR) is 79.2 cm³/mol. The number of benzene rings is 1. The average Bonchev–Trinajstić information content (AvgIpc) is 2.87. The molecule has 6 nitrogen and oxygen atoms in total. The van der Waals surface area contributed by atoms with Crippen LogP contribution in [0.3, 0.4) is 0 Å². The third kappa shape index (κ3) is 4.06. The molecular weight excluding hydrogens is 346 g/mol. The van der Waals surface area contributed by atoms with Crippen molar-refractivity contribution in [3.63, 3.8) is 0 Å². The van der Waals surface area contributed by atoms with Gasteiger partial charge in [0.15, 0.2) is 0 Å². The first-order valence-corrected chi connectivity index (χ1v) is 7.65. The molecule has 20 heavy (non-hydrogen) atoms. The van der Waals surface area contributed by atoms with E-state index in [4.69, 9.17) is 15.4 Å². The van der Waals surface area contributed by atoms with Crippen LogP contribution in [0.1, 0.15) is 5.89 Å². The molecule has 0 bridgehead atoms. The lowest BCUT2D eigenvalue weighted by molar-refractivity contribution is -0.137. The lowest BCUT2D eigenvalue weighted by atomic mass is 10.2. The lowest BCUT2D eigenvalue weighted by Crippen LogP contribution is -2.32. The molecule has 106 valence electrons. The van der Waals surface area contributed by atoms with Crippen LogP contribution in [0.15, 0.2) is 33.3 Å². The van der Waals surface area contributed by atoms with Gasteiger partial charge in [0.1, 0.15) is 6.04 Å². The van der Waals surface area contributed by atoms with Crippen molar-refractivity contribution >= 4 is 33.7 Å². The molecule has 0 saturated carbocycles. The molecule has 2 aromatic rings. The highest BCUT2D eigenvalue weighted by molar-refractivity contribution is 9.10. The summed E-state index contributed by atoms with van der Waals surface area (Å²) in [6.45, 7) is 0. The van der Waals surface area contributed by atoms with Gasteiger partial charge >= 0.3 is 5.97 Å². The van der Waals surface area contributed by atoms with Crippen LogP contribution in [-0.2, 0) is 10.5 Å². The number of carbonyl (C=O) groups is 1. The first kappa shape index (κ1) is 15.0. The van der Waals surface area contributed by atoms with E-state index in [9.17, 15) is 4.79 Å². The lowest BCUT2D eigenvalue weighted by Gasteiger charge is -2.03. The Morgan fingerprint density at radius 3 is 3.05 bits per heavy atom. The molecule has 0 fully saturated rings. The molecule has 0 spiro atoms. The number of nitrogens with two attached hydrogens (primary N) is 1. The predicted octanol–water partition coefficient (Wildman–Crippen LogP) is 2.14. The third-order valence-corrected chi connectivity index (χ3v) is 3.93. The summed E-state index contributed by atoms with van der Waals surface area (Å²) in [5.74, 6) is 0.663. The van der Waals surface area contributed by atoms with E-state index < -0.39 is 12.0 Å². The average molecular weight is 358 g/mol. The molecule has 8 heteroatoms. The molecule has 0 aliphatic carbocycles. The highest BCUT2D eigenvalue weighted by Gasteiger charge is 2.13. The Balaban J connectivity index is 1.94. The standard InChI is InChI=1S/C12H12BrN3O3S/c13-8-3-1-2-7(4-8)11-15-10(19-16-11)6-20-5-9(14)12(17)18/h1-4,9H,5-6,14H2,(H,17,18)/t9-/m1/s1. The van der Waals surface area contributed by atoms with Gasteiger partial charge in [-0.15, -0.1) is 11.8 Å². The summed E-state index contributed by atoms with van der Waals surface area (Å²) in [7, 11) is 0. The molecule has 1 atom stereocenters. The van der Waals surface area contributed by atoms with Crippen LogP contribution in [0.5, 0.6) is 0 Å². The Kier molecular flexibility index (Phi) is 5.16. The molecule has 1 heterocycles. The minimum atomic E-state index is -1.02. The summed E-state index contributed by atoms with van der Waals surface area (Å²) in [4.78, 5) is 14.8. The van der Waals surface area contributed by atoms with Crippen LogP contribution in [0.4, 0.5) is 0 Å². The van der Waals surface area contributed by atoms with Crippen LogP contribution in [0.2, 0.25) is 0 Å². The number of aromatic nitrogens is 2. The van der Waals surface area contributed by atoms with Gasteiger partial charge in [0.05, 0.1) is 5.75 Å². The Morgan fingerprint density at radius 1 is 1.55 bits per heavy atom. The van der Waals surface area contributed by atoms with E-state index >= 15 is 0 Å². The van der Waals surface area contributed by atoms with E-state index in [1.807, 2.05) is 24.3 Å².